The zero-order valence-corrected chi connectivity index (χ0v) is 10.6. The summed E-state index contributed by atoms with van der Waals surface area (Å²) in [7, 11) is 0. The second kappa shape index (κ2) is 5.95. The zero-order chi connectivity index (χ0) is 11.4. The molecule has 0 saturated carbocycles. The Balaban J connectivity index is 4.26. The first-order valence-corrected chi connectivity index (χ1v) is 5.65. The minimum Gasteiger partial charge on any atom is -0.329 e. The fraction of sp³-hybridized carbons (Fsp3) is 1.00. The van der Waals surface area contributed by atoms with Gasteiger partial charge in [0.15, 0.2) is 0 Å². The van der Waals surface area contributed by atoms with Crippen molar-refractivity contribution in [1.29, 1.82) is 0 Å². The van der Waals surface area contributed by atoms with Gasteiger partial charge in [-0.3, -0.25) is 0 Å². The van der Waals surface area contributed by atoms with Gasteiger partial charge >= 0.3 is 0 Å². The summed E-state index contributed by atoms with van der Waals surface area (Å²) in [6.07, 6.45) is 0. The molecule has 0 aliphatic carbocycles. The maximum Gasteiger partial charge on any atom is 0.0217 e. The fourth-order valence-corrected chi connectivity index (χ4v) is 1.73. The number of nitrogens with two attached hydrogens (primary N) is 2. The van der Waals surface area contributed by atoms with Crippen LogP contribution in [-0.4, -0.2) is 29.9 Å². The van der Waals surface area contributed by atoms with E-state index in [0.717, 1.165) is 6.54 Å². The highest BCUT2D eigenvalue weighted by atomic mass is 32.1. The van der Waals surface area contributed by atoms with E-state index < -0.39 is 0 Å². The van der Waals surface area contributed by atoms with Crippen molar-refractivity contribution in [2.24, 2.45) is 17.4 Å². The Morgan fingerprint density at radius 1 is 1.36 bits per heavy atom. The summed E-state index contributed by atoms with van der Waals surface area (Å²) in [4.78, 5) is 0. The lowest BCUT2D eigenvalue weighted by molar-refractivity contribution is 0.327. The van der Waals surface area contributed by atoms with Crippen LogP contribution in [0.3, 0.4) is 0 Å². The van der Waals surface area contributed by atoms with Crippen molar-refractivity contribution in [1.82, 2.24) is 5.32 Å². The maximum absolute atomic E-state index is 5.98. The predicted octanol–water partition coefficient (Wildman–Crippen LogP) is 0.595. The highest BCUT2D eigenvalue weighted by Crippen LogP contribution is 2.25. The first-order chi connectivity index (χ1) is 6.29. The molecule has 0 fully saturated rings. The summed E-state index contributed by atoms with van der Waals surface area (Å²) in [6.45, 7) is 9.78. The number of thiol groups is 1. The summed E-state index contributed by atoms with van der Waals surface area (Å²) in [6, 6.07) is 0.479. The van der Waals surface area contributed by atoms with Crippen LogP contribution in [0.2, 0.25) is 0 Å². The number of hydrogen-bond donors (Lipinski definition) is 4. The molecule has 0 bridgehead atoms. The molecular formula is C10H25N3S. The highest BCUT2D eigenvalue weighted by Gasteiger charge is 2.30. The van der Waals surface area contributed by atoms with Crippen molar-refractivity contribution < 1.29 is 0 Å². The van der Waals surface area contributed by atoms with Crippen molar-refractivity contribution in [2.45, 2.75) is 44.5 Å². The van der Waals surface area contributed by atoms with Gasteiger partial charge in [0.1, 0.15) is 0 Å². The third-order valence-corrected chi connectivity index (χ3v) is 2.77. The third-order valence-electron chi connectivity index (χ3n) is 2.44. The molecule has 0 aromatic rings. The molecule has 0 aliphatic heterocycles. The largest absolute Gasteiger partial charge is 0.329 e. The van der Waals surface area contributed by atoms with E-state index in [1.54, 1.807) is 0 Å². The molecule has 2 unspecified atom stereocenters. The van der Waals surface area contributed by atoms with E-state index in [-0.39, 0.29) is 10.8 Å². The zero-order valence-electron chi connectivity index (χ0n) is 9.75. The van der Waals surface area contributed by atoms with E-state index in [9.17, 15) is 0 Å². The van der Waals surface area contributed by atoms with Gasteiger partial charge in [0.2, 0.25) is 0 Å². The predicted molar refractivity (Wildman–Crippen MR) is 66.7 cm³/mol. The van der Waals surface area contributed by atoms with Crippen molar-refractivity contribution in [2.75, 3.05) is 13.1 Å². The lowest BCUT2D eigenvalue weighted by atomic mass is 9.87. The van der Waals surface area contributed by atoms with Crippen LogP contribution in [0, 0.1) is 5.92 Å². The summed E-state index contributed by atoms with van der Waals surface area (Å²) < 4.78 is -0.0966. The van der Waals surface area contributed by atoms with Crippen LogP contribution in [0.25, 0.3) is 0 Å². The van der Waals surface area contributed by atoms with Crippen LogP contribution in [0.4, 0.5) is 0 Å². The second-order valence-corrected chi connectivity index (χ2v) is 5.88. The molecule has 2 atom stereocenters. The average molecular weight is 219 g/mol. The summed E-state index contributed by atoms with van der Waals surface area (Å²) in [5.41, 5.74) is 11.6. The SMILES string of the molecule is CC(C)NCC(C(N)CN)C(C)(C)S. The molecule has 0 amide bonds. The van der Waals surface area contributed by atoms with E-state index >= 15 is 0 Å². The molecular weight excluding hydrogens is 194 g/mol. The van der Waals surface area contributed by atoms with Gasteiger partial charge in [-0.1, -0.05) is 27.7 Å². The van der Waals surface area contributed by atoms with Crippen LogP contribution < -0.4 is 16.8 Å². The molecule has 0 heterocycles. The Morgan fingerprint density at radius 3 is 2.14 bits per heavy atom. The second-order valence-electron chi connectivity index (χ2n) is 4.72. The van der Waals surface area contributed by atoms with Gasteiger partial charge in [0, 0.05) is 35.8 Å². The molecule has 86 valence electrons. The lowest BCUT2D eigenvalue weighted by Crippen LogP contribution is -2.50. The molecule has 5 N–H and O–H groups in total. The average Bonchev–Trinajstić information content (AvgIpc) is 2.01. The van der Waals surface area contributed by atoms with Gasteiger partial charge in [0.25, 0.3) is 0 Å². The van der Waals surface area contributed by atoms with Crippen LogP contribution in [-0.2, 0) is 0 Å². The normalized spacial score (nSPS) is 17.1. The quantitative estimate of drug-likeness (QED) is 0.495. The first kappa shape index (κ1) is 14.2. The van der Waals surface area contributed by atoms with Gasteiger partial charge in [-0.25, -0.2) is 0 Å². The molecule has 0 rings (SSSR count). The van der Waals surface area contributed by atoms with Gasteiger partial charge in [-0.15, -0.1) is 0 Å². The third kappa shape index (κ3) is 5.20. The van der Waals surface area contributed by atoms with Crippen molar-refractivity contribution in [3.8, 4) is 0 Å². The molecule has 0 radical (unpaired) electrons. The minimum absolute atomic E-state index is 0.00810. The van der Waals surface area contributed by atoms with Crippen LogP contribution in [0.1, 0.15) is 27.7 Å². The molecule has 4 heteroatoms. The number of hydrogen-bond acceptors (Lipinski definition) is 4. The van der Waals surface area contributed by atoms with E-state index in [2.05, 4.69) is 45.6 Å². The molecule has 0 aliphatic rings. The molecule has 3 nitrogen and oxygen atoms in total. The molecule has 14 heavy (non-hydrogen) atoms. The van der Waals surface area contributed by atoms with Gasteiger partial charge in [-0.05, 0) is 0 Å². The Bertz CT molecular complexity index is 154. The van der Waals surface area contributed by atoms with E-state index in [1.807, 2.05) is 0 Å². The molecule has 0 aromatic carbocycles. The van der Waals surface area contributed by atoms with Gasteiger partial charge in [0.05, 0.1) is 0 Å². The van der Waals surface area contributed by atoms with E-state index in [0.29, 0.717) is 18.5 Å². The monoisotopic (exact) mass is 219 g/mol. The Labute approximate surface area is 93.4 Å². The smallest absolute Gasteiger partial charge is 0.0217 e. The van der Waals surface area contributed by atoms with Gasteiger partial charge < -0.3 is 16.8 Å². The van der Waals surface area contributed by atoms with E-state index in [1.165, 1.54) is 0 Å². The van der Waals surface area contributed by atoms with E-state index in [4.69, 9.17) is 11.5 Å². The van der Waals surface area contributed by atoms with Crippen molar-refractivity contribution >= 4 is 12.6 Å². The molecule has 0 saturated heterocycles. The lowest BCUT2D eigenvalue weighted by Gasteiger charge is -2.34. The number of rotatable bonds is 6. The minimum atomic E-state index is -0.0966. The fourth-order valence-electron chi connectivity index (χ4n) is 1.45. The highest BCUT2D eigenvalue weighted by molar-refractivity contribution is 7.81. The van der Waals surface area contributed by atoms with Crippen molar-refractivity contribution in [3.63, 3.8) is 0 Å². The molecule has 0 aromatic heterocycles. The maximum atomic E-state index is 5.98. The Kier molecular flexibility index (Phi) is 6.05. The Hall–Kier alpha value is 0.230. The van der Waals surface area contributed by atoms with Crippen LogP contribution >= 0.6 is 12.6 Å². The summed E-state index contributed by atoms with van der Waals surface area (Å²) in [5.74, 6) is 0.290. The standard InChI is InChI=1S/C10H25N3S/c1-7(2)13-6-8(9(12)5-11)10(3,4)14/h7-9,13-14H,5-6,11-12H2,1-4H3. The van der Waals surface area contributed by atoms with Crippen molar-refractivity contribution in [3.05, 3.63) is 0 Å². The van der Waals surface area contributed by atoms with Gasteiger partial charge in [-0.2, -0.15) is 12.6 Å². The number of nitrogens with one attached hydrogen (secondary N) is 1. The molecule has 0 spiro atoms. The topological polar surface area (TPSA) is 64.1 Å². The first-order valence-electron chi connectivity index (χ1n) is 5.20. The summed E-state index contributed by atoms with van der Waals surface area (Å²) >= 11 is 4.57. The van der Waals surface area contributed by atoms with Crippen LogP contribution in [0.15, 0.2) is 0 Å². The summed E-state index contributed by atoms with van der Waals surface area (Å²) in [5, 5.41) is 3.38. The van der Waals surface area contributed by atoms with Crippen LogP contribution in [0.5, 0.6) is 0 Å². The Morgan fingerprint density at radius 2 is 1.86 bits per heavy atom.